The zero-order valence-corrected chi connectivity index (χ0v) is 10.8. The van der Waals surface area contributed by atoms with Gasteiger partial charge in [0.1, 0.15) is 5.75 Å². The lowest BCUT2D eigenvalue weighted by atomic mass is 9.75. The van der Waals surface area contributed by atoms with Crippen molar-refractivity contribution in [2.75, 3.05) is 13.1 Å². The summed E-state index contributed by atoms with van der Waals surface area (Å²) in [6.45, 7) is 6.89. The molecule has 2 unspecified atom stereocenters. The summed E-state index contributed by atoms with van der Waals surface area (Å²) in [7, 11) is 0. The van der Waals surface area contributed by atoms with Gasteiger partial charge in [0.05, 0.1) is 0 Å². The van der Waals surface area contributed by atoms with Crippen LogP contribution in [0.4, 0.5) is 0 Å². The van der Waals surface area contributed by atoms with E-state index in [9.17, 15) is 5.11 Å². The van der Waals surface area contributed by atoms with Gasteiger partial charge in [-0.1, -0.05) is 26.0 Å². The number of hydrogen-bond acceptors (Lipinski definition) is 2. The second-order valence-corrected chi connectivity index (χ2v) is 5.47. The van der Waals surface area contributed by atoms with Crippen LogP contribution in [0.3, 0.4) is 0 Å². The van der Waals surface area contributed by atoms with Gasteiger partial charge in [-0.3, -0.25) is 0 Å². The van der Waals surface area contributed by atoms with Crippen LogP contribution in [0.25, 0.3) is 0 Å². The first kappa shape index (κ1) is 12.4. The highest BCUT2D eigenvalue weighted by Gasteiger charge is 2.27. The Kier molecular flexibility index (Phi) is 4.06. The minimum absolute atomic E-state index is 0.359. The molecule has 2 atom stereocenters. The van der Waals surface area contributed by atoms with Gasteiger partial charge in [-0.05, 0) is 61.4 Å². The summed E-state index contributed by atoms with van der Waals surface area (Å²) in [4.78, 5) is 0. The Morgan fingerprint density at radius 3 is 2.47 bits per heavy atom. The van der Waals surface area contributed by atoms with Crippen molar-refractivity contribution in [3.63, 3.8) is 0 Å². The maximum absolute atomic E-state index is 9.38. The lowest BCUT2D eigenvalue weighted by Crippen LogP contribution is -2.34. The summed E-state index contributed by atoms with van der Waals surface area (Å²) in [6, 6.07) is 7.77. The summed E-state index contributed by atoms with van der Waals surface area (Å²) < 4.78 is 0. The van der Waals surface area contributed by atoms with Crippen LogP contribution in [0.15, 0.2) is 24.3 Å². The highest BCUT2D eigenvalue weighted by Crippen LogP contribution is 2.36. The SMILES string of the molecule is CC(C)C(c1ccc(O)cc1)C1CCCNC1. The second-order valence-electron chi connectivity index (χ2n) is 5.47. The first-order valence-corrected chi connectivity index (χ1v) is 6.68. The van der Waals surface area contributed by atoms with Crippen LogP contribution in [0.1, 0.15) is 38.2 Å². The molecule has 0 bridgehead atoms. The number of nitrogens with one attached hydrogen (secondary N) is 1. The maximum Gasteiger partial charge on any atom is 0.115 e. The molecule has 94 valence electrons. The summed E-state index contributed by atoms with van der Waals surface area (Å²) in [5, 5.41) is 12.9. The smallest absolute Gasteiger partial charge is 0.115 e. The molecule has 2 heteroatoms. The molecule has 0 spiro atoms. The van der Waals surface area contributed by atoms with Gasteiger partial charge >= 0.3 is 0 Å². The van der Waals surface area contributed by atoms with Crippen molar-refractivity contribution in [1.29, 1.82) is 0 Å². The Balaban J connectivity index is 2.18. The minimum Gasteiger partial charge on any atom is -0.508 e. The van der Waals surface area contributed by atoms with E-state index in [-0.39, 0.29) is 0 Å². The van der Waals surface area contributed by atoms with Gasteiger partial charge in [-0.15, -0.1) is 0 Å². The second kappa shape index (κ2) is 5.54. The molecular formula is C15H23NO. The third-order valence-electron chi connectivity index (χ3n) is 3.84. The van der Waals surface area contributed by atoms with Crippen molar-refractivity contribution in [3.8, 4) is 5.75 Å². The van der Waals surface area contributed by atoms with Crippen molar-refractivity contribution in [2.24, 2.45) is 11.8 Å². The predicted molar refractivity (Wildman–Crippen MR) is 71.3 cm³/mol. The molecule has 17 heavy (non-hydrogen) atoms. The fourth-order valence-electron chi connectivity index (χ4n) is 3.08. The van der Waals surface area contributed by atoms with Crippen LogP contribution < -0.4 is 5.32 Å². The molecule has 2 N–H and O–H groups in total. The van der Waals surface area contributed by atoms with Gasteiger partial charge in [0.25, 0.3) is 0 Å². The van der Waals surface area contributed by atoms with Gasteiger partial charge in [0, 0.05) is 0 Å². The van der Waals surface area contributed by atoms with Crippen molar-refractivity contribution < 1.29 is 5.11 Å². The van der Waals surface area contributed by atoms with E-state index in [2.05, 4.69) is 31.3 Å². The monoisotopic (exact) mass is 233 g/mol. The minimum atomic E-state index is 0.359. The Morgan fingerprint density at radius 1 is 1.24 bits per heavy atom. The number of benzene rings is 1. The molecule has 1 heterocycles. The molecule has 0 aromatic heterocycles. The molecule has 2 rings (SSSR count). The highest BCUT2D eigenvalue weighted by molar-refractivity contribution is 5.29. The quantitative estimate of drug-likeness (QED) is 0.840. The predicted octanol–water partition coefficient (Wildman–Crippen LogP) is 3.13. The lowest BCUT2D eigenvalue weighted by molar-refractivity contribution is 0.275. The average Bonchev–Trinajstić information content (AvgIpc) is 2.33. The highest BCUT2D eigenvalue weighted by atomic mass is 16.3. The normalized spacial score (nSPS) is 22.6. The third-order valence-corrected chi connectivity index (χ3v) is 3.84. The van der Waals surface area contributed by atoms with E-state index in [1.807, 2.05) is 0 Å². The number of phenols is 1. The van der Waals surface area contributed by atoms with Gasteiger partial charge in [0.15, 0.2) is 0 Å². The van der Waals surface area contributed by atoms with Gasteiger partial charge in [-0.25, -0.2) is 0 Å². The molecular weight excluding hydrogens is 210 g/mol. The molecule has 1 aromatic carbocycles. The molecule has 0 radical (unpaired) electrons. The fourth-order valence-corrected chi connectivity index (χ4v) is 3.08. The van der Waals surface area contributed by atoms with E-state index in [4.69, 9.17) is 0 Å². The molecule has 1 aliphatic rings. The van der Waals surface area contributed by atoms with Crippen LogP contribution in [0, 0.1) is 11.8 Å². The molecule has 1 aliphatic heterocycles. The van der Waals surface area contributed by atoms with E-state index < -0.39 is 0 Å². The summed E-state index contributed by atoms with van der Waals surface area (Å²) in [6.07, 6.45) is 2.60. The van der Waals surface area contributed by atoms with Crippen LogP contribution >= 0.6 is 0 Å². The summed E-state index contributed by atoms with van der Waals surface area (Å²) in [5.41, 5.74) is 1.37. The zero-order chi connectivity index (χ0) is 12.3. The van der Waals surface area contributed by atoms with Crippen LogP contribution in [0.5, 0.6) is 5.75 Å². The van der Waals surface area contributed by atoms with E-state index in [1.54, 1.807) is 12.1 Å². The van der Waals surface area contributed by atoms with Gasteiger partial charge in [-0.2, -0.15) is 0 Å². The lowest BCUT2D eigenvalue weighted by Gasteiger charge is -2.33. The number of piperidine rings is 1. The van der Waals surface area contributed by atoms with Crippen LogP contribution in [-0.2, 0) is 0 Å². The molecule has 1 fully saturated rings. The van der Waals surface area contributed by atoms with E-state index >= 15 is 0 Å². The summed E-state index contributed by atoms with van der Waals surface area (Å²) >= 11 is 0. The van der Waals surface area contributed by atoms with Crippen LogP contribution in [-0.4, -0.2) is 18.2 Å². The third kappa shape index (κ3) is 3.01. The zero-order valence-electron chi connectivity index (χ0n) is 10.8. The summed E-state index contributed by atoms with van der Waals surface area (Å²) in [5.74, 6) is 2.33. The maximum atomic E-state index is 9.38. The first-order valence-electron chi connectivity index (χ1n) is 6.68. The molecule has 0 aliphatic carbocycles. The Labute approximate surface area is 104 Å². The van der Waals surface area contributed by atoms with E-state index in [0.717, 1.165) is 19.0 Å². The number of aromatic hydroxyl groups is 1. The standard InChI is InChI=1S/C15H23NO/c1-11(2)15(13-4-3-9-16-10-13)12-5-7-14(17)8-6-12/h5-8,11,13,15-17H,3-4,9-10H2,1-2H3. The molecule has 0 saturated carbocycles. The Morgan fingerprint density at radius 2 is 1.94 bits per heavy atom. The molecule has 1 aromatic rings. The number of rotatable bonds is 3. The van der Waals surface area contributed by atoms with E-state index in [1.165, 1.54) is 18.4 Å². The first-order chi connectivity index (χ1) is 8.18. The van der Waals surface area contributed by atoms with Gasteiger partial charge < -0.3 is 10.4 Å². The van der Waals surface area contributed by atoms with Crippen molar-refractivity contribution in [2.45, 2.75) is 32.6 Å². The van der Waals surface area contributed by atoms with E-state index in [0.29, 0.717) is 17.6 Å². The molecule has 1 saturated heterocycles. The van der Waals surface area contributed by atoms with Crippen molar-refractivity contribution >= 4 is 0 Å². The number of hydrogen-bond donors (Lipinski definition) is 2. The van der Waals surface area contributed by atoms with Crippen molar-refractivity contribution in [1.82, 2.24) is 5.32 Å². The largest absolute Gasteiger partial charge is 0.508 e. The van der Waals surface area contributed by atoms with Crippen molar-refractivity contribution in [3.05, 3.63) is 29.8 Å². The van der Waals surface area contributed by atoms with Gasteiger partial charge in [0.2, 0.25) is 0 Å². The Hall–Kier alpha value is -1.02. The Bertz CT molecular complexity index is 338. The molecule has 2 nitrogen and oxygen atoms in total. The number of phenolic OH excluding ortho intramolecular Hbond substituents is 1. The molecule has 0 amide bonds. The average molecular weight is 233 g/mol. The topological polar surface area (TPSA) is 32.3 Å². The fraction of sp³-hybridized carbons (Fsp3) is 0.600. The van der Waals surface area contributed by atoms with Crippen LogP contribution in [0.2, 0.25) is 0 Å².